The highest BCUT2D eigenvalue weighted by molar-refractivity contribution is 6.32. The summed E-state index contributed by atoms with van der Waals surface area (Å²) < 4.78 is 5.49. The van der Waals surface area contributed by atoms with Gasteiger partial charge < -0.3 is 9.84 Å². The van der Waals surface area contributed by atoms with E-state index in [0.717, 1.165) is 0 Å². The second-order valence-corrected chi connectivity index (χ2v) is 4.32. The fraction of sp³-hybridized carbons (Fsp3) is 0. The van der Waals surface area contributed by atoms with Crippen molar-refractivity contribution in [3.05, 3.63) is 58.1 Å². The van der Waals surface area contributed by atoms with Crippen molar-refractivity contribution < 1.29 is 14.6 Å². The van der Waals surface area contributed by atoms with Crippen LogP contribution in [0.1, 0.15) is 10.4 Å². The first-order valence-electron chi connectivity index (χ1n) is 5.03. The number of carboxylic acids is 1. The second-order valence-electron chi connectivity index (χ2n) is 3.48. The van der Waals surface area contributed by atoms with E-state index in [1.165, 1.54) is 6.07 Å². The van der Waals surface area contributed by atoms with E-state index < -0.39 is 5.97 Å². The van der Waals surface area contributed by atoms with Crippen molar-refractivity contribution in [3.63, 3.8) is 0 Å². The molecule has 2 aromatic carbocycles. The van der Waals surface area contributed by atoms with Crippen molar-refractivity contribution in [3.8, 4) is 11.5 Å². The Morgan fingerprint density at radius 1 is 1.06 bits per heavy atom. The molecule has 0 radical (unpaired) electrons. The molecule has 0 saturated carbocycles. The molecule has 5 heteroatoms. The summed E-state index contributed by atoms with van der Waals surface area (Å²) in [6, 6.07) is 11.1. The van der Waals surface area contributed by atoms with Crippen LogP contribution in [-0.2, 0) is 0 Å². The average Bonchev–Trinajstić information content (AvgIpc) is 2.34. The van der Waals surface area contributed by atoms with Crippen molar-refractivity contribution in [1.82, 2.24) is 0 Å². The lowest BCUT2D eigenvalue weighted by Crippen LogP contribution is -2.00. The molecule has 3 nitrogen and oxygen atoms in total. The van der Waals surface area contributed by atoms with Crippen molar-refractivity contribution >= 4 is 29.2 Å². The number of aromatic carboxylic acids is 1. The Labute approximate surface area is 114 Å². The Balaban J connectivity index is 2.39. The lowest BCUT2D eigenvalue weighted by molar-refractivity contribution is 0.0694. The normalized spacial score (nSPS) is 10.1. The lowest BCUT2D eigenvalue weighted by atomic mass is 10.2. The van der Waals surface area contributed by atoms with Crippen LogP contribution in [0.25, 0.3) is 0 Å². The minimum atomic E-state index is -1.10. The molecule has 0 saturated heterocycles. The summed E-state index contributed by atoms with van der Waals surface area (Å²) in [7, 11) is 0. The molecule has 0 bridgehead atoms. The molecule has 0 atom stereocenters. The van der Waals surface area contributed by atoms with E-state index in [0.29, 0.717) is 10.8 Å². The third kappa shape index (κ3) is 2.75. The number of halogens is 2. The predicted octanol–water partition coefficient (Wildman–Crippen LogP) is 4.48. The molecule has 1 N–H and O–H groups in total. The SMILES string of the molecule is O=C(O)c1cccc(Cl)c1Oc1ccc(Cl)cc1. The molecule has 0 aliphatic rings. The van der Waals surface area contributed by atoms with Crippen molar-refractivity contribution in [2.75, 3.05) is 0 Å². The maximum atomic E-state index is 11.1. The summed E-state index contributed by atoms with van der Waals surface area (Å²) >= 11 is 11.7. The minimum Gasteiger partial charge on any atom is -0.478 e. The lowest BCUT2D eigenvalue weighted by Gasteiger charge is -2.10. The Hall–Kier alpha value is -1.71. The Kier molecular flexibility index (Phi) is 3.75. The zero-order chi connectivity index (χ0) is 13.1. The van der Waals surface area contributed by atoms with Gasteiger partial charge in [0.15, 0.2) is 5.75 Å². The number of benzene rings is 2. The van der Waals surface area contributed by atoms with E-state index in [4.69, 9.17) is 33.0 Å². The average molecular weight is 283 g/mol. The Morgan fingerprint density at radius 3 is 2.33 bits per heavy atom. The molecule has 2 rings (SSSR count). The quantitative estimate of drug-likeness (QED) is 0.903. The predicted molar refractivity (Wildman–Crippen MR) is 69.9 cm³/mol. The van der Waals surface area contributed by atoms with Crippen LogP contribution in [-0.4, -0.2) is 11.1 Å². The van der Waals surface area contributed by atoms with E-state index in [1.54, 1.807) is 36.4 Å². The number of para-hydroxylation sites is 1. The molecule has 2 aromatic rings. The van der Waals surface area contributed by atoms with Crippen LogP contribution in [0.3, 0.4) is 0 Å². The maximum Gasteiger partial charge on any atom is 0.339 e. The molecule has 0 heterocycles. The summed E-state index contributed by atoms with van der Waals surface area (Å²) in [6.07, 6.45) is 0. The van der Waals surface area contributed by atoms with Crippen LogP contribution in [0.4, 0.5) is 0 Å². The van der Waals surface area contributed by atoms with E-state index in [9.17, 15) is 4.79 Å². The topological polar surface area (TPSA) is 46.5 Å². The largest absolute Gasteiger partial charge is 0.478 e. The van der Waals surface area contributed by atoms with Gasteiger partial charge in [0, 0.05) is 5.02 Å². The maximum absolute atomic E-state index is 11.1. The van der Waals surface area contributed by atoms with Gasteiger partial charge in [-0.3, -0.25) is 0 Å². The number of hydrogen-bond acceptors (Lipinski definition) is 2. The van der Waals surface area contributed by atoms with Crippen LogP contribution in [0, 0.1) is 0 Å². The molecule has 0 aromatic heterocycles. The van der Waals surface area contributed by atoms with Crippen molar-refractivity contribution in [1.29, 1.82) is 0 Å². The van der Waals surface area contributed by atoms with E-state index >= 15 is 0 Å². The molecule has 18 heavy (non-hydrogen) atoms. The standard InChI is InChI=1S/C13H8Cl2O3/c14-8-4-6-9(7-5-8)18-12-10(13(16)17)2-1-3-11(12)15/h1-7H,(H,16,17). The number of carbonyl (C=O) groups is 1. The first kappa shape index (κ1) is 12.7. The summed E-state index contributed by atoms with van der Waals surface area (Å²) in [5.41, 5.74) is 0.0115. The van der Waals surface area contributed by atoms with Gasteiger partial charge in [0.1, 0.15) is 11.3 Å². The van der Waals surface area contributed by atoms with Crippen LogP contribution in [0.2, 0.25) is 10.0 Å². The Bertz CT molecular complexity index is 579. The second kappa shape index (κ2) is 5.29. The fourth-order valence-electron chi connectivity index (χ4n) is 1.40. The summed E-state index contributed by atoms with van der Waals surface area (Å²) in [5, 5.41) is 9.86. The first-order valence-corrected chi connectivity index (χ1v) is 5.79. The smallest absolute Gasteiger partial charge is 0.339 e. The molecule has 0 aliphatic carbocycles. The third-order valence-electron chi connectivity index (χ3n) is 2.23. The van der Waals surface area contributed by atoms with E-state index in [2.05, 4.69) is 0 Å². The zero-order valence-corrected chi connectivity index (χ0v) is 10.6. The third-order valence-corrected chi connectivity index (χ3v) is 2.78. The molecular weight excluding hydrogens is 275 g/mol. The number of hydrogen-bond donors (Lipinski definition) is 1. The number of carboxylic acid groups (broad SMARTS) is 1. The van der Waals surface area contributed by atoms with E-state index in [1.807, 2.05) is 0 Å². The number of rotatable bonds is 3. The highest BCUT2D eigenvalue weighted by Crippen LogP contribution is 2.33. The zero-order valence-electron chi connectivity index (χ0n) is 9.06. The van der Waals surface area contributed by atoms with Crippen LogP contribution >= 0.6 is 23.2 Å². The molecule has 0 fully saturated rings. The highest BCUT2D eigenvalue weighted by atomic mass is 35.5. The highest BCUT2D eigenvalue weighted by Gasteiger charge is 2.15. The van der Waals surface area contributed by atoms with Gasteiger partial charge in [0.2, 0.25) is 0 Å². The van der Waals surface area contributed by atoms with Gasteiger partial charge in [-0.25, -0.2) is 4.79 Å². The van der Waals surface area contributed by atoms with Gasteiger partial charge in [-0.1, -0.05) is 29.3 Å². The molecule has 0 amide bonds. The van der Waals surface area contributed by atoms with Crippen molar-refractivity contribution in [2.24, 2.45) is 0 Å². The molecular formula is C13H8Cl2O3. The minimum absolute atomic E-state index is 0.0115. The number of ether oxygens (including phenoxy) is 1. The van der Waals surface area contributed by atoms with Crippen LogP contribution in [0.5, 0.6) is 11.5 Å². The van der Waals surface area contributed by atoms with Crippen molar-refractivity contribution in [2.45, 2.75) is 0 Å². The summed E-state index contributed by atoms with van der Waals surface area (Å²) in [5.74, 6) is -0.509. The van der Waals surface area contributed by atoms with Gasteiger partial charge in [0.25, 0.3) is 0 Å². The van der Waals surface area contributed by atoms with Gasteiger partial charge in [-0.15, -0.1) is 0 Å². The molecule has 0 unspecified atom stereocenters. The summed E-state index contributed by atoms with van der Waals surface area (Å²) in [4.78, 5) is 11.1. The fourth-order valence-corrected chi connectivity index (χ4v) is 1.74. The molecule has 0 aliphatic heterocycles. The van der Waals surface area contributed by atoms with Crippen LogP contribution in [0.15, 0.2) is 42.5 Å². The molecule has 92 valence electrons. The molecule has 0 spiro atoms. The summed E-state index contributed by atoms with van der Waals surface area (Å²) in [6.45, 7) is 0. The van der Waals surface area contributed by atoms with E-state index in [-0.39, 0.29) is 16.3 Å². The van der Waals surface area contributed by atoms with Gasteiger partial charge in [-0.05, 0) is 36.4 Å². The monoisotopic (exact) mass is 282 g/mol. The van der Waals surface area contributed by atoms with Gasteiger partial charge >= 0.3 is 5.97 Å². The first-order chi connectivity index (χ1) is 8.58. The Morgan fingerprint density at radius 2 is 1.72 bits per heavy atom. The van der Waals surface area contributed by atoms with Gasteiger partial charge in [-0.2, -0.15) is 0 Å². The van der Waals surface area contributed by atoms with Crippen LogP contribution < -0.4 is 4.74 Å². The van der Waals surface area contributed by atoms with Gasteiger partial charge in [0.05, 0.1) is 5.02 Å².